The number of carbonyl (C=O) groups is 1. The zero-order chi connectivity index (χ0) is 13.2. The Hall–Kier alpha value is -1.60. The van der Waals surface area contributed by atoms with Crippen molar-refractivity contribution in [2.75, 3.05) is 25.4 Å². The van der Waals surface area contributed by atoms with Crippen LogP contribution < -0.4 is 11.1 Å². The Labute approximate surface area is 106 Å². The van der Waals surface area contributed by atoms with Gasteiger partial charge in [0.25, 0.3) is 0 Å². The average Bonchev–Trinajstić information content (AvgIpc) is 2.54. The van der Waals surface area contributed by atoms with Crippen LogP contribution in [0.2, 0.25) is 0 Å². The summed E-state index contributed by atoms with van der Waals surface area (Å²) in [5.41, 5.74) is 5.91. The summed E-state index contributed by atoms with van der Waals surface area (Å²) in [6, 6.07) is 6.34. The molecular weight excluding hydrogens is 254 g/mol. The van der Waals surface area contributed by atoms with Gasteiger partial charge in [0, 0.05) is 26.1 Å². The van der Waals surface area contributed by atoms with Gasteiger partial charge in [-0.1, -0.05) is 12.1 Å². The smallest absolute Gasteiger partial charge is 0.245 e. The number of nitrogen functional groups attached to an aromatic ring is 1. The molecule has 0 saturated carbocycles. The molecule has 0 aromatic heterocycles. The number of benzene rings is 1. The first kappa shape index (κ1) is 12.8. The van der Waals surface area contributed by atoms with E-state index < -0.39 is 10.0 Å². The highest BCUT2D eigenvalue weighted by atomic mass is 32.2. The number of amides is 1. The van der Waals surface area contributed by atoms with Crippen molar-refractivity contribution in [3.8, 4) is 0 Å². The molecule has 0 radical (unpaired) electrons. The molecule has 1 saturated heterocycles. The molecule has 6 nitrogen and oxygen atoms in total. The van der Waals surface area contributed by atoms with Gasteiger partial charge in [-0.3, -0.25) is 4.79 Å². The van der Waals surface area contributed by atoms with Gasteiger partial charge < -0.3 is 11.1 Å². The van der Waals surface area contributed by atoms with Gasteiger partial charge in [0.1, 0.15) is 4.90 Å². The second-order valence-corrected chi connectivity index (χ2v) is 5.95. The summed E-state index contributed by atoms with van der Waals surface area (Å²) in [7, 11) is -3.62. The molecule has 3 N–H and O–H groups in total. The number of rotatable bonds is 2. The lowest BCUT2D eigenvalue weighted by atomic mass is 10.3. The van der Waals surface area contributed by atoms with Crippen LogP contribution in [0, 0.1) is 0 Å². The minimum Gasteiger partial charge on any atom is -0.398 e. The predicted octanol–water partition coefficient (Wildman–Crippen LogP) is -0.221. The van der Waals surface area contributed by atoms with E-state index >= 15 is 0 Å². The van der Waals surface area contributed by atoms with Gasteiger partial charge in [-0.05, 0) is 12.1 Å². The largest absolute Gasteiger partial charge is 0.398 e. The fraction of sp³-hybridized carbons (Fsp3) is 0.364. The van der Waals surface area contributed by atoms with Gasteiger partial charge >= 0.3 is 0 Å². The van der Waals surface area contributed by atoms with Gasteiger partial charge in [-0.25, -0.2) is 8.42 Å². The van der Waals surface area contributed by atoms with E-state index in [1.807, 2.05) is 0 Å². The number of anilines is 1. The van der Waals surface area contributed by atoms with E-state index in [1.54, 1.807) is 18.2 Å². The fourth-order valence-corrected chi connectivity index (χ4v) is 3.40. The number of sulfonamides is 1. The van der Waals surface area contributed by atoms with Crippen LogP contribution in [0.5, 0.6) is 0 Å². The Kier molecular flexibility index (Phi) is 3.53. The molecule has 0 unspecified atom stereocenters. The summed E-state index contributed by atoms with van der Waals surface area (Å²) < 4.78 is 26.0. The Morgan fingerprint density at radius 3 is 2.67 bits per heavy atom. The Morgan fingerprint density at radius 2 is 1.94 bits per heavy atom. The number of carbonyl (C=O) groups excluding carboxylic acids is 1. The predicted molar refractivity (Wildman–Crippen MR) is 67.2 cm³/mol. The summed E-state index contributed by atoms with van der Waals surface area (Å²) in [6.45, 7) is 0.774. The molecule has 1 heterocycles. The highest BCUT2D eigenvalue weighted by molar-refractivity contribution is 7.89. The first-order chi connectivity index (χ1) is 8.51. The molecular formula is C11H15N3O3S. The molecule has 1 aromatic carbocycles. The number of nitrogens with one attached hydrogen (secondary N) is 1. The molecule has 7 heteroatoms. The summed E-state index contributed by atoms with van der Waals surface area (Å²) in [5.74, 6) is -0.131. The standard InChI is InChI=1S/C11H15N3O3S/c12-9-3-1-2-4-10(9)18(16,17)14-7-5-11(15)13-6-8-14/h1-4H,5-8,12H2,(H,13,15). The van der Waals surface area contributed by atoms with Crippen LogP contribution in [0.4, 0.5) is 5.69 Å². The maximum Gasteiger partial charge on any atom is 0.245 e. The molecule has 2 rings (SSSR count). The Balaban J connectivity index is 2.31. The van der Waals surface area contributed by atoms with Gasteiger partial charge in [0.15, 0.2) is 0 Å². The molecule has 1 aromatic rings. The second kappa shape index (κ2) is 4.95. The van der Waals surface area contributed by atoms with E-state index in [1.165, 1.54) is 10.4 Å². The normalized spacial score (nSPS) is 18.1. The van der Waals surface area contributed by atoms with E-state index in [0.717, 1.165) is 0 Å². The number of nitrogens with two attached hydrogens (primary N) is 1. The Bertz CT molecular complexity index is 556. The minimum atomic E-state index is -3.62. The van der Waals surface area contributed by atoms with Crippen molar-refractivity contribution in [1.82, 2.24) is 9.62 Å². The molecule has 0 atom stereocenters. The van der Waals surface area contributed by atoms with Gasteiger partial charge in [0.05, 0.1) is 5.69 Å². The topological polar surface area (TPSA) is 92.5 Å². The molecule has 0 bridgehead atoms. The van der Waals surface area contributed by atoms with E-state index in [0.29, 0.717) is 6.54 Å². The van der Waals surface area contributed by atoms with Crippen molar-refractivity contribution in [3.05, 3.63) is 24.3 Å². The van der Waals surface area contributed by atoms with Crippen molar-refractivity contribution in [2.24, 2.45) is 0 Å². The molecule has 1 amide bonds. The summed E-state index contributed by atoms with van der Waals surface area (Å²) in [5, 5.41) is 2.64. The van der Waals surface area contributed by atoms with Crippen molar-refractivity contribution in [3.63, 3.8) is 0 Å². The van der Waals surface area contributed by atoms with Crippen molar-refractivity contribution in [2.45, 2.75) is 11.3 Å². The second-order valence-electron chi connectivity index (χ2n) is 4.04. The third kappa shape index (κ3) is 2.46. The fourth-order valence-electron chi connectivity index (χ4n) is 1.84. The van der Waals surface area contributed by atoms with Crippen molar-refractivity contribution in [1.29, 1.82) is 0 Å². The van der Waals surface area contributed by atoms with E-state index in [2.05, 4.69) is 5.32 Å². The SMILES string of the molecule is Nc1ccccc1S(=O)(=O)N1CCNC(=O)CC1. The molecule has 98 valence electrons. The van der Waals surface area contributed by atoms with Crippen LogP contribution in [0.15, 0.2) is 29.2 Å². The van der Waals surface area contributed by atoms with E-state index in [-0.39, 0.29) is 36.0 Å². The number of para-hydroxylation sites is 1. The van der Waals surface area contributed by atoms with E-state index in [9.17, 15) is 13.2 Å². The molecule has 0 aliphatic carbocycles. The molecule has 1 aliphatic heterocycles. The zero-order valence-electron chi connectivity index (χ0n) is 9.80. The number of hydrogen-bond donors (Lipinski definition) is 2. The molecule has 1 aliphatic rings. The van der Waals surface area contributed by atoms with Crippen LogP contribution >= 0.6 is 0 Å². The quantitative estimate of drug-likeness (QED) is 0.726. The van der Waals surface area contributed by atoms with Gasteiger partial charge in [-0.15, -0.1) is 0 Å². The summed E-state index contributed by atoms with van der Waals surface area (Å²) in [4.78, 5) is 11.3. The molecule has 1 fully saturated rings. The summed E-state index contributed by atoms with van der Waals surface area (Å²) >= 11 is 0. The minimum absolute atomic E-state index is 0.0966. The summed E-state index contributed by atoms with van der Waals surface area (Å²) in [6.07, 6.45) is 0.173. The number of nitrogens with zero attached hydrogens (tertiary/aromatic N) is 1. The van der Waals surface area contributed by atoms with Crippen LogP contribution in [0.3, 0.4) is 0 Å². The van der Waals surface area contributed by atoms with E-state index in [4.69, 9.17) is 5.73 Å². The van der Waals surface area contributed by atoms with Crippen molar-refractivity contribution >= 4 is 21.6 Å². The maximum absolute atomic E-state index is 12.4. The lowest BCUT2D eigenvalue weighted by Crippen LogP contribution is -2.34. The van der Waals surface area contributed by atoms with Crippen LogP contribution in [-0.2, 0) is 14.8 Å². The average molecular weight is 269 g/mol. The molecule has 0 spiro atoms. The number of hydrogen-bond acceptors (Lipinski definition) is 4. The van der Waals surface area contributed by atoms with Gasteiger partial charge in [0.2, 0.25) is 15.9 Å². The lowest BCUT2D eigenvalue weighted by molar-refractivity contribution is -0.120. The zero-order valence-corrected chi connectivity index (χ0v) is 10.6. The lowest BCUT2D eigenvalue weighted by Gasteiger charge is -2.20. The maximum atomic E-state index is 12.4. The monoisotopic (exact) mass is 269 g/mol. The van der Waals surface area contributed by atoms with Crippen LogP contribution in [0.1, 0.15) is 6.42 Å². The van der Waals surface area contributed by atoms with Crippen LogP contribution in [-0.4, -0.2) is 38.3 Å². The Morgan fingerprint density at radius 1 is 1.22 bits per heavy atom. The first-order valence-corrected chi connectivity index (χ1v) is 7.07. The van der Waals surface area contributed by atoms with Crippen molar-refractivity contribution < 1.29 is 13.2 Å². The highest BCUT2D eigenvalue weighted by Gasteiger charge is 2.27. The third-order valence-corrected chi connectivity index (χ3v) is 4.78. The third-order valence-electron chi connectivity index (χ3n) is 2.81. The first-order valence-electron chi connectivity index (χ1n) is 5.63. The highest BCUT2D eigenvalue weighted by Crippen LogP contribution is 2.22. The molecule has 18 heavy (non-hydrogen) atoms. The van der Waals surface area contributed by atoms with Gasteiger partial charge in [-0.2, -0.15) is 4.31 Å². The van der Waals surface area contributed by atoms with Crippen LogP contribution in [0.25, 0.3) is 0 Å².